The van der Waals surface area contributed by atoms with Crippen LogP contribution in [0.3, 0.4) is 0 Å². The number of esters is 1. The van der Waals surface area contributed by atoms with E-state index in [2.05, 4.69) is 27.7 Å². The van der Waals surface area contributed by atoms with E-state index in [9.17, 15) is 4.79 Å². The molecule has 110 valence electrons. The van der Waals surface area contributed by atoms with Gasteiger partial charge in [0.2, 0.25) is 0 Å². The van der Waals surface area contributed by atoms with Crippen molar-refractivity contribution in [3.8, 4) is 0 Å². The molecule has 2 aliphatic rings. The molecule has 0 radical (unpaired) electrons. The number of hydrogen-bond acceptors (Lipinski definition) is 3. The molecule has 1 aliphatic carbocycles. The van der Waals surface area contributed by atoms with Crippen LogP contribution >= 0.6 is 0 Å². The van der Waals surface area contributed by atoms with Gasteiger partial charge in [-0.2, -0.15) is 0 Å². The molecule has 2 fully saturated rings. The third-order valence-corrected chi connectivity index (χ3v) is 4.41. The predicted octanol–water partition coefficient (Wildman–Crippen LogP) is 3.42. The summed E-state index contributed by atoms with van der Waals surface area (Å²) in [5.41, 5.74) is 0. The van der Waals surface area contributed by atoms with Crippen molar-refractivity contribution in [2.75, 3.05) is 6.61 Å². The second kappa shape index (κ2) is 6.25. The Balaban J connectivity index is 1.74. The smallest absolute Gasteiger partial charge is 0.309 e. The maximum Gasteiger partial charge on any atom is 0.309 e. The van der Waals surface area contributed by atoms with Crippen LogP contribution in [0.2, 0.25) is 0 Å². The average Bonchev–Trinajstić information content (AvgIpc) is 3.10. The van der Waals surface area contributed by atoms with Gasteiger partial charge in [0.15, 0.2) is 0 Å². The second-order valence-corrected chi connectivity index (χ2v) is 7.00. The minimum absolute atomic E-state index is 0.00235. The summed E-state index contributed by atoms with van der Waals surface area (Å²) >= 11 is 0. The van der Waals surface area contributed by atoms with Gasteiger partial charge in [0.25, 0.3) is 0 Å². The Hall–Kier alpha value is -0.570. The molecule has 0 aromatic heterocycles. The Labute approximate surface area is 117 Å². The summed E-state index contributed by atoms with van der Waals surface area (Å²) in [6.45, 7) is 9.13. The molecule has 19 heavy (non-hydrogen) atoms. The van der Waals surface area contributed by atoms with Crippen LogP contribution in [0, 0.1) is 23.7 Å². The number of carbonyl (C=O) groups excluding carboxylic acids is 1. The lowest BCUT2D eigenvalue weighted by Crippen LogP contribution is -2.27. The number of carbonyl (C=O) groups is 1. The predicted molar refractivity (Wildman–Crippen MR) is 74.7 cm³/mol. The number of epoxide rings is 1. The van der Waals surface area contributed by atoms with Crippen molar-refractivity contribution in [3.05, 3.63) is 0 Å². The number of fused-ring (bicyclic) bond motifs is 1. The summed E-state index contributed by atoms with van der Waals surface area (Å²) < 4.78 is 11.1. The molecule has 1 aliphatic heterocycles. The fourth-order valence-electron chi connectivity index (χ4n) is 3.09. The van der Waals surface area contributed by atoms with Gasteiger partial charge in [-0.3, -0.25) is 4.79 Å². The van der Waals surface area contributed by atoms with Crippen LogP contribution in [0.15, 0.2) is 0 Å². The molecule has 3 heteroatoms. The van der Waals surface area contributed by atoms with Gasteiger partial charge in [-0.25, -0.2) is 0 Å². The summed E-state index contributed by atoms with van der Waals surface area (Å²) in [5.74, 6) is 1.46. The van der Waals surface area contributed by atoms with Gasteiger partial charge in [0, 0.05) is 0 Å². The zero-order chi connectivity index (χ0) is 14.0. The molecule has 4 atom stereocenters. The second-order valence-electron chi connectivity index (χ2n) is 7.00. The van der Waals surface area contributed by atoms with E-state index in [1.807, 2.05) is 0 Å². The van der Waals surface area contributed by atoms with Crippen LogP contribution in [0.25, 0.3) is 0 Å². The van der Waals surface area contributed by atoms with Crippen molar-refractivity contribution in [2.24, 2.45) is 23.7 Å². The van der Waals surface area contributed by atoms with Crippen LogP contribution in [0.5, 0.6) is 0 Å². The monoisotopic (exact) mass is 268 g/mol. The van der Waals surface area contributed by atoms with E-state index in [1.54, 1.807) is 0 Å². The average molecular weight is 268 g/mol. The molecular weight excluding hydrogens is 240 g/mol. The molecule has 0 aromatic rings. The highest BCUT2D eigenvalue weighted by atomic mass is 16.6. The molecule has 1 saturated heterocycles. The molecule has 3 nitrogen and oxygen atoms in total. The van der Waals surface area contributed by atoms with Crippen LogP contribution in [-0.2, 0) is 14.3 Å². The van der Waals surface area contributed by atoms with Crippen LogP contribution in [-0.4, -0.2) is 24.8 Å². The summed E-state index contributed by atoms with van der Waals surface area (Å²) in [6.07, 6.45) is 5.28. The Bertz CT molecular complexity index is 311. The van der Waals surface area contributed by atoms with Gasteiger partial charge < -0.3 is 9.47 Å². The van der Waals surface area contributed by atoms with E-state index in [1.165, 1.54) is 0 Å². The van der Waals surface area contributed by atoms with E-state index >= 15 is 0 Å². The molecule has 0 bridgehead atoms. The Morgan fingerprint density at radius 1 is 1.21 bits per heavy atom. The molecular formula is C16H28O3. The first-order valence-electron chi connectivity index (χ1n) is 7.79. The van der Waals surface area contributed by atoms with Crippen molar-refractivity contribution in [1.29, 1.82) is 0 Å². The van der Waals surface area contributed by atoms with E-state index in [4.69, 9.17) is 9.47 Å². The first-order valence-corrected chi connectivity index (χ1v) is 7.79. The van der Waals surface area contributed by atoms with Gasteiger partial charge in [-0.15, -0.1) is 0 Å². The lowest BCUT2D eigenvalue weighted by molar-refractivity contribution is -0.152. The zero-order valence-electron chi connectivity index (χ0n) is 12.7. The lowest BCUT2D eigenvalue weighted by atomic mass is 9.87. The fraction of sp³-hybridized carbons (Fsp3) is 0.938. The molecule has 4 unspecified atom stereocenters. The van der Waals surface area contributed by atoms with Crippen molar-refractivity contribution in [1.82, 2.24) is 0 Å². The highest BCUT2D eigenvalue weighted by molar-refractivity contribution is 5.72. The van der Waals surface area contributed by atoms with Gasteiger partial charge in [-0.1, -0.05) is 27.7 Å². The summed E-state index contributed by atoms with van der Waals surface area (Å²) in [4.78, 5) is 12.2. The lowest BCUT2D eigenvalue weighted by Gasteiger charge is -2.24. The highest BCUT2D eigenvalue weighted by Gasteiger charge is 2.44. The molecule has 0 spiro atoms. The van der Waals surface area contributed by atoms with E-state index < -0.39 is 0 Å². The topological polar surface area (TPSA) is 38.8 Å². The van der Waals surface area contributed by atoms with Gasteiger partial charge in [0.1, 0.15) is 0 Å². The van der Waals surface area contributed by atoms with E-state index in [0.717, 1.165) is 25.7 Å². The fourth-order valence-corrected chi connectivity index (χ4v) is 3.09. The van der Waals surface area contributed by atoms with Crippen molar-refractivity contribution in [2.45, 2.75) is 65.6 Å². The first kappa shape index (κ1) is 14.8. The Morgan fingerprint density at radius 2 is 1.95 bits per heavy atom. The number of rotatable bonds is 6. The molecule has 2 rings (SSSR count). The maximum absolute atomic E-state index is 12.2. The van der Waals surface area contributed by atoms with Crippen LogP contribution < -0.4 is 0 Å². The largest absolute Gasteiger partial charge is 0.465 e. The third-order valence-electron chi connectivity index (χ3n) is 4.41. The molecule has 1 saturated carbocycles. The standard InChI is InChI=1S/C16H28O3/c1-10(2)7-13(11(3)4)16(17)18-9-12-5-6-14-15(8-12)19-14/h10-15H,5-9H2,1-4H3. The van der Waals surface area contributed by atoms with Crippen molar-refractivity contribution < 1.29 is 14.3 Å². The maximum atomic E-state index is 12.2. The van der Waals surface area contributed by atoms with Gasteiger partial charge >= 0.3 is 5.97 Å². The Kier molecular flexibility index (Phi) is 4.88. The van der Waals surface area contributed by atoms with Crippen molar-refractivity contribution in [3.63, 3.8) is 0 Å². The summed E-state index contributed by atoms with van der Waals surface area (Å²) in [5, 5.41) is 0. The molecule has 1 heterocycles. The first-order chi connectivity index (χ1) is 8.97. The highest BCUT2D eigenvalue weighted by Crippen LogP contribution is 2.39. The number of hydrogen-bond donors (Lipinski definition) is 0. The van der Waals surface area contributed by atoms with Gasteiger partial charge in [0.05, 0.1) is 24.7 Å². The SMILES string of the molecule is CC(C)CC(C(=O)OCC1CCC2OC2C1)C(C)C. The van der Waals surface area contributed by atoms with Crippen molar-refractivity contribution >= 4 is 5.97 Å². The summed E-state index contributed by atoms with van der Waals surface area (Å²) in [6, 6.07) is 0. The van der Waals surface area contributed by atoms with E-state index in [-0.39, 0.29) is 11.9 Å². The Morgan fingerprint density at radius 3 is 2.53 bits per heavy atom. The summed E-state index contributed by atoms with van der Waals surface area (Å²) in [7, 11) is 0. The minimum atomic E-state index is 0.00235. The molecule has 0 N–H and O–H groups in total. The van der Waals surface area contributed by atoms with Crippen LogP contribution in [0.1, 0.15) is 53.4 Å². The van der Waals surface area contributed by atoms with Crippen LogP contribution in [0.4, 0.5) is 0 Å². The third kappa shape index (κ3) is 4.20. The number of ether oxygens (including phenoxy) is 2. The quantitative estimate of drug-likeness (QED) is 0.547. The minimum Gasteiger partial charge on any atom is -0.465 e. The molecule has 0 amide bonds. The molecule has 0 aromatic carbocycles. The van der Waals surface area contributed by atoms with Gasteiger partial charge in [-0.05, 0) is 43.4 Å². The van der Waals surface area contributed by atoms with E-state index in [0.29, 0.717) is 36.6 Å². The zero-order valence-corrected chi connectivity index (χ0v) is 12.7. The normalized spacial score (nSPS) is 31.2.